The van der Waals surface area contributed by atoms with E-state index in [1.54, 1.807) is 26.8 Å². The molecule has 0 saturated heterocycles. The first kappa shape index (κ1) is 37.3. The van der Waals surface area contributed by atoms with Crippen LogP contribution in [0, 0.1) is 0 Å². The Morgan fingerprint density at radius 1 is 0.966 bits per heavy atom. The molecule has 0 spiro atoms. The van der Waals surface area contributed by atoms with E-state index in [1.165, 1.54) is 6.92 Å². The predicted molar refractivity (Wildman–Crippen MR) is 109 cm³/mol. The molecule has 0 aromatic carbocycles. The van der Waals surface area contributed by atoms with Gasteiger partial charge in [0.05, 0.1) is 0 Å². The quantitative estimate of drug-likeness (QED) is 0.244. The van der Waals surface area contributed by atoms with Crippen molar-refractivity contribution >= 4 is 17.9 Å². The Morgan fingerprint density at radius 2 is 1.24 bits per heavy atom. The summed E-state index contributed by atoms with van der Waals surface area (Å²) in [5, 5.41) is 56.3. The van der Waals surface area contributed by atoms with Crippen LogP contribution >= 0.6 is 0 Å². The highest BCUT2D eigenvalue weighted by Crippen LogP contribution is 1.99. The lowest BCUT2D eigenvalue weighted by molar-refractivity contribution is -0.145. The molecule has 0 unspecified atom stereocenters. The fourth-order valence-corrected chi connectivity index (χ4v) is 0.382. The highest BCUT2D eigenvalue weighted by atomic mass is 16.5. The van der Waals surface area contributed by atoms with Crippen LogP contribution in [0.1, 0.15) is 53.9 Å². The predicted octanol–water partition coefficient (Wildman–Crippen LogP) is 1.75. The van der Waals surface area contributed by atoms with E-state index in [4.69, 9.17) is 35.7 Å². The molecule has 0 aliphatic rings. The molecule has 0 atom stereocenters. The average molecular weight is 424 g/mol. The van der Waals surface area contributed by atoms with E-state index in [9.17, 15) is 14.4 Å². The van der Waals surface area contributed by atoms with Gasteiger partial charge in [-0.1, -0.05) is 39.5 Å². The standard InChI is InChI=1S/C5H8O2.2C4H10O2.2C3H4O2/c1-3-4(2)5(6)7;1-3-4(2,5)6;1-2-3-4(5)6;2*1-2-3(4)5/h3H,1-2H3,(H,6,7);5-6H,3H2,1-2H3;4-6H,2-3H2,1H3;2*2H,1H2,(H,4,5). The van der Waals surface area contributed by atoms with Gasteiger partial charge in [0.1, 0.15) is 0 Å². The average Bonchev–Trinajstić information content (AvgIpc) is 2.62. The second-order valence-corrected chi connectivity index (χ2v) is 5.20. The minimum atomic E-state index is -1.46. The maximum absolute atomic E-state index is 9.86. The molecule has 0 aromatic rings. The first-order valence-electron chi connectivity index (χ1n) is 8.43. The van der Waals surface area contributed by atoms with Crippen molar-refractivity contribution in [2.24, 2.45) is 0 Å². The number of carboxylic acids is 3. The van der Waals surface area contributed by atoms with E-state index in [-0.39, 0.29) is 0 Å². The molecular formula is C19H36O10. The molecule has 10 heteroatoms. The lowest BCUT2D eigenvalue weighted by Crippen LogP contribution is -2.20. The van der Waals surface area contributed by atoms with Crippen LogP contribution in [0.5, 0.6) is 0 Å². The Balaban J connectivity index is -0.0000000833. The number of aliphatic hydroxyl groups is 4. The Bertz CT molecular complexity index is 456. The zero-order valence-corrected chi connectivity index (χ0v) is 17.7. The molecule has 0 aromatic heterocycles. The van der Waals surface area contributed by atoms with Crippen molar-refractivity contribution in [2.45, 2.75) is 66.0 Å². The van der Waals surface area contributed by atoms with Gasteiger partial charge in [0, 0.05) is 17.7 Å². The summed E-state index contributed by atoms with van der Waals surface area (Å²) in [7, 11) is 0. The maximum atomic E-state index is 9.86. The molecule has 0 amide bonds. The first-order chi connectivity index (χ1) is 13.1. The number of allylic oxidation sites excluding steroid dienone is 1. The number of carboxylic acid groups (broad SMARTS) is 3. The molecule has 0 saturated carbocycles. The molecule has 0 fully saturated rings. The van der Waals surface area contributed by atoms with Gasteiger partial charge in [0.25, 0.3) is 0 Å². The fourth-order valence-electron chi connectivity index (χ4n) is 0.382. The monoisotopic (exact) mass is 424 g/mol. The highest BCUT2D eigenvalue weighted by Gasteiger charge is 2.08. The van der Waals surface area contributed by atoms with Crippen molar-refractivity contribution in [3.05, 3.63) is 37.0 Å². The molecule has 172 valence electrons. The molecule has 0 aliphatic heterocycles. The van der Waals surface area contributed by atoms with Gasteiger partial charge in [-0.25, -0.2) is 14.4 Å². The van der Waals surface area contributed by atoms with Gasteiger partial charge in [-0.15, -0.1) is 0 Å². The Morgan fingerprint density at radius 3 is 1.24 bits per heavy atom. The fraction of sp³-hybridized carbons (Fsp3) is 0.526. The molecule has 0 bridgehead atoms. The van der Waals surface area contributed by atoms with Crippen LogP contribution in [-0.4, -0.2) is 65.7 Å². The second-order valence-electron chi connectivity index (χ2n) is 5.20. The van der Waals surface area contributed by atoms with E-state index >= 15 is 0 Å². The van der Waals surface area contributed by atoms with Gasteiger partial charge in [-0.05, 0) is 33.6 Å². The van der Waals surface area contributed by atoms with Crippen molar-refractivity contribution in [3.63, 3.8) is 0 Å². The van der Waals surface area contributed by atoms with Crippen molar-refractivity contribution < 1.29 is 50.1 Å². The summed E-state index contributed by atoms with van der Waals surface area (Å²) in [6, 6.07) is 0. The number of hydrogen-bond acceptors (Lipinski definition) is 7. The summed E-state index contributed by atoms with van der Waals surface area (Å²) in [5.74, 6) is -4.27. The summed E-state index contributed by atoms with van der Waals surface area (Å²) in [6.07, 6.45) is 3.82. The number of aliphatic carboxylic acids is 3. The number of rotatable bonds is 6. The van der Waals surface area contributed by atoms with Gasteiger partial charge >= 0.3 is 17.9 Å². The topological polar surface area (TPSA) is 193 Å². The summed E-state index contributed by atoms with van der Waals surface area (Å²) in [4.78, 5) is 28.4. The van der Waals surface area contributed by atoms with E-state index in [2.05, 4.69) is 13.2 Å². The lowest BCUT2D eigenvalue weighted by Gasteiger charge is -2.10. The van der Waals surface area contributed by atoms with Gasteiger partial charge in [-0.3, -0.25) is 0 Å². The molecule has 0 rings (SSSR count). The molecule has 0 aliphatic carbocycles. The third-order valence-corrected chi connectivity index (χ3v) is 2.34. The normalized spacial score (nSPS) is 9.52. The molecule has 0 radical (unpaired) electrons. The molecule has 10 nitrogen and oxygen atoms in total. The smallest absolute Gasteiger partial charge is 0.330 e. The van der Waals surface area contributed by atoms with Gasteiger partial charge < -0.3 is 35.7 Å². The third-order valence-electron chi connectivity index (χ3n) is 2.34. The SMILES string of the molecule is C=CC(=O)O.C=CC(=O)O.CC=C(C)C(=O)O.CCC(C)(O)O.CCCC(O)O. The van der Waals surface area contributed by atoms with E-state index in [1.807, 2.05) is 6.92 Å². The van der Waals surface area contributed by atoms with Crippen LogP contribution < -0.4 is 0 Å². The molecule has 7 N–H and O–H groups in total. The van der Waals surface area contributed by atoms with Crippen molar-refractivity contribution in [1.82, 2.24) is 0 Å². The van der Waals surface area contributed by atoms with Crippen LogP contribution in [0.15, 0.2) is 37.0 Å². The molecular weight excluding hydrogens is 388 g/mol. The van der Waals surface area contributed by atoms with E-state index < -0.39 is 30.0 Å². The first-order valence-corrected chi connectivity index (χ1v) is 8.43. The Kier molecular flexibility index (Phi) is 32.7. The minimum Gasteiger partial charge on any atom is -0.478 e. The summed E-state index contributed by atoms with van der Waals surface area (Å²) in [6.45, 7) is 14.1. The minimum absolute atomic E-state index is 0.382. The lowest BCUT2D eigenvalue weighted by atomic mass is 10.3. The van der Waals surface area contributed by atoms with Crippen molar-refractivity contribution in [2.75, 3.05) is 0 Å². The Hall–Kier alpha value is -2.53. The van der Waals surface area contributed by atoms with Gasteiger partial charge in [0.2, 0.25) is 0 Å². The summed E-state index contributed by atoms with van der Waals surface area (Å²) >= 11 is 0. The third kappa shape index (κ3) is 77.3. The van der Waals surface area contributed by atoms with Gasteiger partial charge in [-0.2, -0.15) is 0 Å². The van der Waals surface area contributed by atoms with Crippen LogP contribution in [-0.2, 0) is 14.4 Å². The largest absolute Gasteiger partial charge is 0.478 e. The van der Waals surface area contributed by atoms with E-state index in [0.29, 0.717) is 18.4 Å². The van der Waals surface area contributed by atoms with Crippen LogP contribution in [0.3, 0.4) is 0 Å². The molecule has 0 heterocycles. The van der Waals surface area contributed by atoms with Crippen LogP contribution in [0.25, 0.3) is 0 Å². The van der Waals surface area contributed by atoms with Crippen molar-refractivity contribution in [1.29, 1.82) is 0 Å². The summed E-state index contributed by atoms with van der Waals surface area (Å²) < 4.78 is 0. The number of hydrogen-bond donors (Lipinski definition) is 7. The van der Waals surface area contributed by atoms with Crippen LogP contribution in [0.2, 0.25) is 0 Å². The van der Waals surface area contributed by atoms with Crippen LogP contribution in [0.4, 0.5) is 0 Å². The summed E-state index contributed by atoms with van der Waals surface area (Å²) in [5.41, 5.74) is 0.389. The maximum Gasteiger partial charge on any atom is 0.330 e. The molecule has 29 heavy (non-hydrogen) atoms. The van der Waals surface area contributed by atoms with E-state index in [0.717, 1.165) is 18.6 Å². The zero-order valence-electron chi connectivity index (χ0n) is 17.7. The number of carbonyl (C=O) groups is 3. The van der Waals surface area contributed by atoms with Crippen molar-refractivity contribution in [3.8, 4) is 0 Å². The number of aliphatic hydroxyl groups excluding tert-OH is 1. The Labute approximate surface area is 171 Å². The second kappa shape index (κ2) is 25.5. The highest BCUT2D eigenvalue weighted by molar-refractivity contribution is 5.85. The zero-order chi connectivity index (χ0) is 24.6. The van der Waals surface area contributed by atoms with Gasteiger partial charge in [0.15, 0.2) is 12.1 Å².